The summed E-state index contributed by atoms with van der Waals surface area (Å²) in [6, 6.07) is 15.8. The predicted molar refractivity (Wildman–Crippen MR) is 101 cm³/mol. The number of para-hydroxylation sites is 1. The molecule has 1 amide bonds. The van der Waals surface area contributed by atoms with Crippen LogP contribution in [0.1, 0.15) is 10.6 Å². The highest BCUT2D eigenvalue weighted by atomic mass is 32.2. The normalized spacial score (nSPS) is 10.7. The van der Waals surface area contributed by atoms with Gasteiger partial charge in [0.25, 0.3) is 0 Å². The van der Waals surface area contributed by atoms with Gasteiger partial charge in [-0.3, -0.25) is 4.79 Å². The van der Waals surface area contributed by atoms with E-state index in [0.29, 0.717) is 12.3 Å². The number of aromatic nitrogens is 1. The van der Waals surface area contributed by atoms with Gasteiger partial charge < -0.3 is 10.1 Å². The SMILES string of the molecule is COc1ccc(CNC(=O)CSCc2nc3ccccc3s2)cc1. The number of benzene rings is 2. The standard InChI is InChI=1S/C18H18N2O2S2/c1-22-14-8-6-13(7-9-14)10-19-17(21)11-23-12-18-20-15-4-2-3-5-16(15)24-18/h2-9H,10-12H2,1H3,(H,19,21). The summed E-state index contributed by atoms with van der Waals surface area (Å²) in [5, 5.41) is 3.99. The van der Waals surface area contributed by atoms with Crippen LogP contribution in [0.5, 0.6) is 5.75 Å². The topological polar surface area (TPSA) is 51.2 Å². The van der Waals surface area contributed by atoms with E-state index >= 15 is 0 Å². The first-order valence-electron chi connectivity index (χ1n) is 7.56. The highest BCUT2D eigenvalue weighted by Gasteiger charge is 2.06. The highest BCUT2D eigenvalue weighted by molar-refractivity contribution is 7.99. The van der Waals surface area contributed by atoms with Crippen molar-refractivity contribution in [1.82, 2.24) is 10.3 Å². The summed E-state index contributed by atoms with van der Waals surface area (Å²) in [5.74, 6) is 2.05. The van der Waals surface area contributed by atoms with Crippen molar-refractivity contribution in [3.8, 4) is 5.75 Å². The van der Waals surface area contributed by atoms with Gasteiger partial charge >= 0.3 is 0 Å². The number of thiazole rings is 1. The lowest BCUT2D eigenvalue weighted by molar-refractivity contribution is -0.118. The first kappa shape index (κ1) is 16.8. The van der Waals surface area contributed by atoms with Crippen LogP contribution in [0.25, 0.3) is 10.2 Å². The fourth-order valence-corrected chi connectivity index (χ4v) is 4.08. The van der Waals surface area contributed by atoms with Gasteiger partial charge in [0.05, 0.1) is 23.1 Å². The number of hydrogen-bond donors (Lipinski definition) is 1. The number of nitrogens with one attached hydrogen (secondary N) is 1. The highest BCUT2D eigenvalue weighted by Crippen LogP contribution is 2.24. The van der Waals surface area contributed by atoms with Gasteiger partial charge in [-0.15, -0.1) is 23.1 Å². The van der Waals surface area contributed by atoms with Gasteiger partial charge in [-0.05, 0) is 29.8 Å². The van der Waals surface area contributed by atoms with Crippen molar-refractivity contribution in [3.63, 3.8) is 0 Å². The Bertz CT molecular complexity index is 782. The monoisotopic (exact) mass is 358 g/mol. The van der Waals surface area contributed by atoms with Crippen molar-refractivity contribution in [3.05, 3.63) is 59.1 Å². The van der Waals surface area contributed by atoms with Gasteiger partial charge in [-0.25, -0.2) is 4.98 Å². The molecule has 0 aliphatic heterocycles. The fourth-order valence-electron chi connectivity index (χ4n) is 2.21. The van der Waals surface area contributed by atoms with E-state index < -0.39 is 0 Å². The maximum Gasteiger partial charge on any atom is 0.230 e. The van der Waals surface area contributed by atoms with E-state index in [4.69, 9.17) is 4.74 Å². The quantitative estimate of drug-likeness (QED) is 0.697. The molecular weight excluding hydrogens is 340 g/mol. The van der Waals surface area contributed by atoms with Gasteiger partial charge in [-0.1, -0.05) is 24.3 Å². The van der Waals surface area contributed by atoms with Crippen molar-refractivity contribution in [1.29, 1.82) is 0 Å². The van der Waals surface area contributed by atoms with E-state index in [1.165, 1.54) is 4.70 Å². The van der Waals surface area contributed by atoms with Crippen molar-refractivity contribution >= 4 is 39.2 Å². The summed E-state index contributed by atoms with van der Waals surface area (Å²) < 4.78 is 6.31. The van der Waals surface area contributed by atoms with E-state index in [1.54, 1.807) is 30.2 Å². The van der Waals surface area contributed by atoms with E-state index in [9.17, 15) is 4.79 Å². The average molecular weight is 358 g/mol. The molecule has 0 radical (unpaired) electrons. The molecule has 0 bridgehead atoms. The number of amides is 1. The number of thioether (sulfide) groups is 1. The third-order valence-electron chi connectivity index (χ3n) is 3.45. The van der Waals surface area contributed by atoms with Crippen molar-refractivity contribution < 1.29 is 9.53 Å². The molecule has 0 aliphatic rings. The van der Waals surface area contributed by atoms with Crippen LogP contribution < -0.4 is 10.1 Å². The molecule has 0 aliphatic carbocycles. The van der Waals surface area contributed by atoms with Crippen LogP contribution in [-0.2, 0) is 17.1 Å². The molecule has 0 unspecified atom stereocenters. The van der Waals surface area contributed by atoms with Crippen LogP contribution in [0.15, 0.2) is 48.5 Å². The number of methoxy groups -OCH3 is 1. The summed E-state index contributed by atoms with van der Waals surface area (Å²) in [6.45, 7) is 0.532. The molecule has 4 nitrogen and oxygen atoms in total. The third-order valence-corrected chi connectivity index (χ3v) is 5.61. The van der Waals surface area contributed by atoms with Crippen LogP contribution in [0.2, 0.25) is 0 Å². The van der Waals surface area contributed by atoms with Crippen LogP contribution in [0.3, 0.4) is 0 Å². The minimum absolute atomic E-state index is 0.0388. The Morgan fingerprint density at radius 2 is 2.00 bits per heavy atom. The van der Waals surface area contributed by atoms with Gasteiger partial charge in [-0.2, -0.15) is 0 Å². The molecule has 2 aromatic carbocycles. The lowest BCUT2D eigenvalue weighted by Gasteiger charge is -2.06. The molecule has 0 fully saturated rings. The van der Waals surface area contributed by atoms with Crippen LogP contribution in [0, 0.1) is 0 Å². The second kappa shape index (κ2) is 8.17. The molecule has 0 saturated carbocycles. The molecule has 1 aromatic heterocycles. The molecule has 124 valence electrons. The minimum atomic E-state index is 0.0388. The summed E-state index contributed by atoms with van der Waals surface area (Å²) in [5.41, 5.74) is 2.09. The zero-order valence-electron chi connectivity index (χ0n) is 13.3. The summed E-state index contributed by atoms with van der Waals surface area (Å²) in [7, 11) is 1.64. The van der Waals surface area contributed by atoms with Crippen LogP contribution in [0.4, 0.5) is 0 Å². The van der Waals surface area contributed by atoms with Crippen LogP contribution >= 0.6 is 23.1 Å². The Balaban J connectivity index is 1.41. The predicted octanol–water partition coefficient (Wildman–Crippen LogP) is 3.85. The zero-order valence-corrected chi connectivity index (χ0v) is 15.0. The van der Waals surface area contributed by atoms with Crippen molar-refractivity contribution in [2.75, 3.05) is 12.9 Å². The lowest BCUT2D eigenvalue weighted by Crippen LogP contribution is -2.24. The fraction of sp³-hybridized carbons (Fsp3) is 0.222. The Labute approximate surface area is 149 Å². The van der Waals surface area contributed by atoms with Gasteiger partial charge in [0, 0.05) is 12.3 Å². The molecule has 24 heavy (non-hydrogen) atoms. The number of carbonyl (C=O) groups excluding carboxylic acids is 1. The number of rotatable bonds is 7. The van der Waals surface area contributed by atoms with Crippen molar-refractivity contribution in [2.45, 2.75) is 12.3 Å². The van der Waals surface area contributed by atoms with Gasteiger partial charge in [0.15, 0.2) is 0 Å². The molecule has 3 aromatic rings. The molecule has 1 N–H and O–H groups in total. The Hall–Kier alpha value is -2.05. The second-order valence-electron chi connectivity index (χ2n) is 5.19. The Morgan fingerprint density at radius 3 is 2.75 bits per heavy atom. The summed E-state index contributed by atoms with van der Waals surface area (Å²) in [6.07, 6.45) is 0. The third kappa shape index (κ3) is 4.49. The number of carbonyl (C=O) groups is 1. The maximum atomic E-state index is 11.9. The molecule has 1 heterocycles. The molecule has 0 atom stereocenters. The zero-order chi connectivity index (χ0) is 16.8. The average Bonchev–Trinajstić information content (AvgIpc) is 3.03. The van der Waals surface area contributed by atoms with Crippen molar-refractivity contribution in [2.24, 2.45) is 0 Å². The van der Waals surface area contributed by atoms with Crippen LogP contribution in [-0.4, -0.2) is 23.8 Å². The minimum Gasteiger partial charge on any atom is -0.497 e. The number of hydrogen-bond acceptors (Lipinski definition) is 5. The number of fused-ring (bicyclic) bond motifs is 1. The second-order valence-corrected chi connectivity index (χ2v) is 7.29. The summed E-state index contributed by atoms with van der Waals surface area (Å²) >= 11 is 3.27. The number of ether oxygens (including phenoxy) is 1. The largest absolute Gasteiger partial charge is 0.497 e. The maximum absolute atomic E-state index is 11.9. The Morgan fingerprint density at radius 1 is 1.21 bits per heavy atom. The van der Waals surface area contributed by atoms with Gasteiger partial charge in [0.1, 0.15) is 10.8 Å². The smallest absolute Gasteiger partial charge is 0.230 e. The Kier molecular flexibility index (Phi) is 5.72. The number of nitrogens with zero attached hydrogens (tertiary/aromatic N) is 1. The molecule has 0 saturated heterocycles. The van der Waals surface area contributed by atoms with E-state index in [-0.39, 0.29) is 5.91 Å². The van der Waals surface area contributed by atoms with E-state index in [1.807, 2.05) is 42.5 Å². The lowest BCUT2D eigenvalue weighted by atomic mass is 10.2. The first-order chi connectivity index (χ1) is 11.7. The van der Waals surface area contributed by atoms with E-state index in [0.717, 1.165) is 27.6 Å². The molecule has 0 spiro atoms. The summed E-state index contributed by atoms with van der Waals surface area (Å²) in [4.78, 5) is 16.5. The molecular formula is C18H18N2O2S2. The van der Waals surface area contributed by atoms with E-state index in [2.05, 4.69) is 16.4 Å². The van der Waals surface area contributed by atoms with Gasteiger partial charge in [0.2, 0.25) is 5.91 Å². The molecule has 3 rings (SSSR count). The first-order valence-corrected chi connectivity index (χ1v) is 9.53. The molecule has 6 heteroatoms.